The molecular formula is C32H36N4O2. The van der Waals surface area contributed by atoms with Gasteiger partial charge in [0.25, 0.3) is 5.91 Å². The van der Waals surface area contributed by atoms with Gasteiger partial charge in [-0.3, -0.25) is 14.7 Å². The Morgan fingerprint density at radius 3 is 2.66 bits per heavy atom. The van der Waals surface area contributed by atoms with E-state index in [9.17, 15) is 9.90 Å². The number of fused-ring (bicyclic) bond motifs is 2. The number of hydrogen-bond acceptors (Lipinski definition) is 4. The van der Waals surface area contributed by atoms with Crippen molar-refractivity contribution >= 4 is 28.2 Å². The van der Waals surface area contributed by atoms with Gasteiger partial charge in [0.1, 0.15) is 0 Å². The Morgan fingerprint density at radius 1 is 1.11 bits per heavy atom. The highest BCUT2D eigenvalue weighted by Gasteiger charge is 2.19. The number of carbonyl (C=O) groups excluding carboxylic acids is 1. The van der Waals surface area contributed by atoms with E-state index >= 15 is 0 Å². The summed E-state index contributed by atoms with van der Waals surface area (Å²) in [5, 5.41) is 11.5. The summed E-state index contributed by atoms with van der Waals surface area (Å²) in [5.41, 5.74) is 7.73. The zero-order valence-electron chi connectivity index (χ0n) is 22.5. The zero-order valence-corrected chi connectivity index (χ0v) is 22.5. The molecular weight excluding hydrogens is 472 g/mol. The Balaban J connectivity index is 1.33. The van der Waals surface area contributed by atoms with E-state index in [0.717, 1.165) is 49.1 Å². The lowest BCUT2D eigenvalue weighted by Crippen LogP contribution is -2.30. The molecule has 0 fully saturated rings. The molecule has 5 rings (SSSR count). The van der Waals surface area contributed by atoms with Gasteiger partial charge in [-0.25, -0.2) is 0 Å². The fraction of sp³-hybridized carbons (Fsp3) is 0.312. The minimum absolute atomic E-state index is 0.0125. The third kappa shape index (κ3) is 5.36. The highest BCUT2D eigenvalue weighted by molar-refractivity contribution is 6.14. The topological polar surface area (TPSA) is 71.9 Å². The number of allylic oxidation sites excluding steroid dienone is 4. The Labute approximate surface area is 224 Å². The van der Waals surface area contributed by atoms with E-state index in [1.165, 1.54) is 16.7 Å². The fourth-order valence-electron chi connectivity index (χ4n) is 5.38. The van der Waals surface area contributed by atoms with Gasteiger partial charge in [0.05, 0.1) is 17.0 Å². The van der Waals surface area contributed by atoms with E-state index in [4.69, 9.17) is 4.99 Å². The standard InChI is InChI=1S/C32H36N4O2/c1-4-36(5-2)32(38)26-12-15-29-28(20-26)30(31(37)34-29)22(3)33-27-13-10-23(11-14-27)21-35-18-16-24-8-6-7-9-25(24)17-19-35/h6-8,10-15,17,20,34,37H,4-5,9,16,18-19,21H2,1-3H3. The molecule has 0 unspecified atom stereocenters. The van der Waals surface area contributed by atoms with Gasteiger partial charge < -0.3 is 15.0 Å². The molecule has 2 heterocycles. The van der Waals surface area contributed by atoms with Crippen LogP contribution in [0.2, 0.25) is 0 Å². The highest BCUT2D eigenvalue weighted by Crippen LogP contribution is 2.31. The molecule has 0 saturated carbocycles. The molecule has 38 heavy (non-hydrogen) atoms. The molecule has 1 aromatic heterocycles. The number of aromatic nitrogens is 1. The minimum Gasteiger partial charge on any atom is -0.494 e. The predicted molar refractivity (Wildman–Crippen MR) is 155 cm³/mol. The van der Waals surface area contributed by atoms with Crippen molar-refractivity contribution in [1.29, 1.82) is 0 Å². The van der Waals surface area contributed by atoms with Crippen LogP contribution < -0.4 is 0 Å². The lowest BCUT2D eigenvalue weighted by Gasteiger charge is -2.19. The highest BCUT2D eigenvalue weighted by atomic mass is 16.3. The molecule has 3 aromatic rings. The number of benzene rings is 2. The molecule has 0 saturated heterocycles. The third-order valence-electron chi connectivity index (χ3n) is 7.55. The summed E-state index contributed by atoms with van der Waals surface area (Å²) in [6.45, 7) is 10.1. The second kappa shape index (κ2) is 11.2. The molecule has 1 amide bonds. The van der Waals surface area contributed by atoms with E-state index in [1.807, 2.05) is 45.0 Å². The smallest absolute Gasteiger partial charge is 0.253 e. The first-order valence-electron chi connectivity index (χ1n) is 13.5. The Kier molecular flexibility index (Phi) is 7.61. The predicted octanol–water partition coefficient (Wildman–Crippen LogP) is 6.51. The number of aliphatic imine (C=N–C) groups is 1. The number of rotatable bonds is 7. The van der Waals surface area contributed by atoms with E-state index < -0.39 is 0 Å². The number of aromatic hydroxyl groups is 1. The number of nitrogens with one attached hydrogen (secondary N) is 1. The number of aromatic amines is 1. The van der Waals surface area contributed by atoms with Gasteiger partial charge in [-0.05, 0) is 80.7 Å². The normalized spacial score (nSPS) is 16.1. The van der Waals surface area contributed by atoms with Crippen LogP contribution in [0, 0.1) is 0 Å². The summed E-state index contributed by atoms with van der Waals surface area (Å²) >= 11 is 0. The first-order valence-corrected chi connectivity index (χ1v) is 13.5. The van der Waals surface area contributed by atoms with Crippen molar-refractivity contribution in [2.24, 2.45) is 4.99 Å². The van der Waals surface area contributed by atoms with E-state index in [1.54, 1.807) is 11.0 Å². The van der Waals surface area contributed by atoms with Crippen molar-refractivity contribution in [2.45, 2.75) is 40.2 Å². The molecule has 2 aliphatic rings. The molecule has 2 aromatic carbocycles. The van der Waals surface area contributed by atoms with Crippen molar-refractivity contribution in [1.82, 2.24) is 14.8 Å². The van der Waals surface area contributed by atoms with Gasteiger partial charge in [-0.15, -0.1) is 0 Å². The number of hydrogen-bond donors (Lipinski definition) is 2. The number of amides is 1. The average molecular weight is 509 g/mol. The number of H-pyrrole nitrogens is 1. The van der Waals surface area contributed by atoms with Crippen LogP contribution in [0.5, 0.6) is 5.88 Å². The Bertz CT molecular complexity index is 1450. The summed E-state index contributed by atoms with van der Waals surface area (Å²) < 4.78 is 0. The van der Waals surface area contributed by atoms with Gasteiger partial charge >= 0.3 is 0 Å². The maximum Gasteiger partial charge on any atom is 0.253 e. The van der Waals surface area contributed by atoms with Crippen LogP contribution in [-0.2, 0) is 6.54 Å². The quantitative estimate of drug-likeness (QED) is 0.357. The molecule has 0 bridgehead atoms. The maximum atomic E-state index is 12.9. The van der Waals surface area contributed by atoms with Gasteiger partial charge in [-0.2, -0.15) is 0 Å². The van der Waals surface area contributed by atoms with Crippen molar-refractivity contribution in [2.75, 3.05) is 26.2 Å². The molecule has 0 atom stereocenters. The lowest BCUT2D eigenvalue weighted by molar-refractivity contribution is 0.0773. The largest absolute Gasteiger partial charge is 0.494 e. The SMILES string of the molecule is CCN(CC)C(=O)c1ccc2[nH]c(O)c(C(C)=Nc3ccc(CN4CC=C5CC=CC=C5CC4)cc3)c2c1. The molecule has 1 aliphatic heterocycles. The summed E-state index contributed by atoms with van der Waals surface area (Å²) in [5.74, 6) is 0.0490. The molecule has 6 heteroatoms. The van der Waals surface area contributed by atoms with E-state index in [-0.39, 0.29) is 11.8 Å². The maximum absolute atomic E-state index is 12.9. The molecule has 6 nitrogen and oxygen atoms in total. The second-order valence-electron chi connectivity index (χ2n) is 9.99. The Hall–Kier alpha value is -3.90. The summed E-state index contributed by atoms with van der Waals surface area (Å²) in [6.07, 6.45) is 11.2. The van der Waals surface area contributed by atoms with Crippen molar-refractivity contribution in [3.8, 4) is 5.88 Å². The minimum atomic E-state index is -0.0125. The fourth-order valence-corrected chi connectivity index (χ4v) is 5.38. The summed E-state index contributed by atoms with van der Waals surface area (Å²) in [7, 11) is 0. The van der Waals surface area contributed by atoms with Gasteiger partial charge in [0.15, 0.2) is 5.88 Å². The number of carbonyl (C=O) groups is 1. The third-order valence-corrected chi connectivity index (χ3v) is 7.55. The van der Waals surface area contributed by atoms with Crippen molar-refractivity contribution in [3.63, 3.8) is 0 Å². The van der Waals surface area contributed by atoms with Gasteiger partial charge in [0.2, 0.25) is 0 Å². The zero-order chi connectivity index (χ0) is 26.6. The summed E-state index contributed by atoms with van der Waals surface area (Å²) in [4.78, 5) is 25.0. The first kappa shape index (κ1) is 25.7. The molecule has 1 aliphatic carbocycles. The average Bonchev–Trinajstić information content (AvgIpc) is 3.13. The van der Waals surface area contributed by atoms with Crippen LogP contribution in [0.15, 0.2) is 82.9 Å². The monoisotopic (exact) mass is 508 g/mol. The molecule has 2 N–H and O–H groups in total. The van der Waals surface area contributed by atoms with Crippen LogP contribution in [-0.4, -0.2) is 57.7 Å². The van der Waals surface area contributed by atoms with Crippen LogP contribution in [0.3, 0.4) is 0 Å². The van der Waals surface area contributed by atoms with Gasteiger partial charge in [0, 0.05) is 49.2 Å². The first-order chi connectivity index (χ1) is 18.5. The number of nitrogens with zero attached hydrogens (tertiary/aromatic N) is 3. The molecule has 0 radical (unpaired) electrons. The molecule has 196 valence electrons. The van der Waals surface area contributed by atoms with E-state index in [0.29, 0.717) is 29.9 Å². The van der Waals surface area contributed by atoms with Crippen LogP contribution in [0.1, 0.15) is 55.1 Å². The Morgan fingerprint density at radius 2 is 1.89 bits per heavy atom. The second-order valence-corrected chi connectivity index (χ2v) is 9.99. The van der Waals surface area contributed by atoms with E-state index in [2.05, 4.69) is 46.3 Å². The molecule has 0 spiro atoms. The van der Waals surface area contributed by atoms with Crippen LogP contribution >= 0.6 is 0 Å². The van der Waals surface area contributed by atoms with Crippen LogP contribution in [0.25, 0.3) is 10.9 Å². The van der Waals surface area contributed by atoms with Crippen molar-refractivity contribution in [3.05, 3.63) is 94.6 Å². The lowest BCUT2D eigenvalue weighted by atomic mass is 9.96. The van der Waals surface area contributed by atoms with Gasteiger partial charge in [-0.1, -0.05) is 36.4 Å². The van der Waals surface area contributed by atoms with Crippen LogP contribution in [0.4, 0.5) is 5.69 Å². The van der Waals surface area contributed by atoms with Crippen molar-refractivity contribution < 1.29 is 9.90 Å². The summed E-state index contributed by atoms with van der Waals surface area (Å²) in [6, 6.07) is 13.8.